The van der Waals surface area contributed by atoms with E-state index in [9.17, 15) is 4.79 Å². The maximum absolute atomic E-state index is 11.7. The molecule has 0 saturated heterocycles. The summed E-state index contributed by atoms with van der Waals surface area (Å²) in [4.78, 5) is 11.7. The van der Waals surface area contributed by atoms with Gasteiger partial charge in [-0.15, -0.1) is 0 Å². The van der Waals surface area contributed by atoms with Gasteiger partial charge in [-0.05, 0) is 41.0 Å². The fourth-order valence-electron chi connectivity index (χ4n) is 2.95. The van der Waals surface area contributed by atoms with Gasteiger partial charge in [-0.1, -0.05) is 36.4 Å². The van der Waals surface area contributed by atoms with Gasteiger partial charge in [-0.3, -0.25) is 4.79 Å². The number of hydrogen-bond donors (Lipinski definition) is 2. The quantitative estimate of drug-likeness (QED) is 0.907. The largest absolute Gasteiger partial charge is 0.355 e. The topological polar surface area (TPSA) is 41.1 Å². The molecule has 3 nitrogen and oxygen atoms in total. The summed E-state index contributed by atoms with van der Waals surface area (Å²) in [6, 6.07) is 16.9. The number of thioether (sulfide) groups is 1. The summed E-state index contributed by atoms with van der Waals surface area (Å²) < 4.78 is 0. The minimum absolute atomic E-state index is 0.0396. The predicted octanol–water partition coefficient (Wildman–Crippen LogP) is 3.17. The Morgan fingerprint density at radius 2 is 2.09 bits per heavy atom. The van der Waals surface area contributed by atoms with Crippen LogP contribution in [0.2, 0.25) is 0 Å². The number of rotatable bonds is 4. The van der Waals surface area contributed by atoms with Crippen LogP contribution in [0, 0.1) is 0 Å². The Morgan fingerprint density at radius 3 is 2.96 bits per heavy atom. The zero-order chi connectivity index (χ0) is 16.1. The summed E-state index contributed by atoms with van der Waals surface area (Å²) in [5.41, 5.74) is 4.72. The second kappa shape index (κ2) is 7.66. The van der Waals surface area contributed by atoms with E-state index in [4.69, 9.17) is 0 Å². The highest BCUT2D eigenvalue weighted by atomic mass is 32.2. The second-order valence-corrected chi connectivity index (χ2v) is 6.89. The van der Waals surface area contributed by atoms with Crippen LogP contribution in [0.1, 0.15) is 33.1 Å². The van der Waals surface area contributed by atoms with E-state index in [0.717, 1.165) is 24.3 Å². The summed E-state index contributed by atoms with van der Waals surface area (Å²) >= 11 is 2.00. The van der Waals surface area contributed by atoms with E-state index >= 15 is 0 Å². The summed E-state index contributed by atoms with van der Waals surface area (Å²) in [5, 5.41) is 6.34. The van der Waals surface area contributed by atoms with Crippen LogP contribution in [0.15, 0.2) is 48.5 Å². The Morgan fingerprint density at radius 1 is 1.22 bits per heavy atom. The highest BCUT2D eigenvalue weighted by Crippen LogP contribution is 2.27. The van der Waals surface area contributed by atoms with Crippen molar-refractivity contribution >= 4 is 17.7 Å². The molecule has 0 bridgehead atoms. The van der Waals surface area contributed by atoms with Crippen molar-refractivity contribution in [3.05, 3.63) is 70.8 Å². The van der Waals surface area contributed by atoms with Gasteiger partial charge in [-0.25, -0.2) is 0 Å². The summed E-state index contributed by atoms with van der Waals surface area (Å²) in [6.45, 7) is 0.768. The summed E-state index contributed by atoms with van der Waals surface area (Å²) in [6.07, 6.45) is 1.14. The number of fused-ring (bicyclic) bond motifs is 1. The molecule has 0 spiro atoms. The number of benzene rings is 2. The molecular weight excluding hydrogens is 304 g/mol. The number of nitrogens with one attached hydrogen (secondary N) is 2. The molecule has 1 atom stereocenters. The Bertz CT molecular complexity index is 687. The lowest BCUT2D eigenvalue weighted by Crippen LogP contribution is -2.23. The SMILES string of the molecule is CNC(=O)c1cccc(CNC2CSCCc3ccccc32)c1. The molecule has 1 aliphatic heterocycles. The van der Waals surface area contributed by atoms with E-state index in [1.54, 1.807) is 7.05 Å². The summed E-state index contributed by atoms with van der Waals surface area (Å²) in [5.74, 6) is 2.23. The first-order valence-corrected chi connectivity index (χ1v) is 9.13. The van der Waals surface area contributed by atoms with Gasteiger partial charge < -0.3 is 10.6 Å². The zero-order valence-electron chi connectivity index (χ0n) is 13.3. The third-order valence-corrected chi connectivity index (χ3v) is 5.26. The van der Waals surface area contributed by atoms with Gasteiger partial charge >= 0.3 is 0 Å². The van der Waals surface area contributed by atoms with Gasteiger partial charge in [0.2, 0.25) is 0 Å². The van der Waals surface area contributed by atoms with Crippen LogP contribution >= 0.6 is 11.8 Å². The molecule has 1 heterocycles. The molecule has 120 valence electrons. The van der Waals surface area contributed by atoms with E-state index < -0.39 is 0 Å². The average Bonchev–Trinajstić information content (AvgIpc) is 2.82. The highest BCUT2D eigenvalue weighted by molar-refractivity contribution is 7.99. The first kappa shape index (κ1) is 16.1. The Labute approximate surface area is 141 Å². The summed E-state index contributed by atoms with van der Waals surface area (Å²) in [7, 11) is 1.66. The fourth-order valence-corrected chi connectivity index (χ4v) is 4.02. The Hall–Kier alpha value is -1.78. The van der Waals surface area contributed by atoms with Crippen LogP contribution in [0.5, 0.6) is 0 Å². The Kier molecular flexibility index (Phi) is 5.36. The van der Waals surface area contributed by atoms with Crippen molar-refractivity contribution < 1.29 is 4.79 Å². The molecule has 1 unspecified atom stereocenters. The van der Waals surface area contributed by atoms with Crippen molar-refractivity contribution in [1.29, 1.82) is 0 Å². The molecular formula is C19H22N2OS. The second-order valence-electron chi connectivity index (χ2n) is 5.74. The smallest absolute Gasteiger partial charge is 0.251 e. The molecule has 0 radical (unpaired) electrons. The van der Waals surface area contributed by atoms with E-state index in [2.05, 4.69) is 41.0 Å². The standard InChI is InChI=1S/C19H22N2OS/c1-20-19(22)16-7-4-5-14(11-16)12-21-18-13-23-10-9-15-6-2-3-8-17(15)18/h2-8,11,18,21H,9-10,12-13H2,1H3,(H,20,22). The molecule has 2 aromatic rings. The number of amides is 1. The molecule has 0 saturated carbocycles. The molecule has 1 aliphatic rings. The van der Waals surface area contributed by atoms with Crippen molar-refractivity contribution in [2.45, 2.75) is 19.0 Å². The van der Waals surface area contributed by atoms with Crippen molar-refractivity contribution in [2.75, 3.05) is 18.6 Å². The maximum Gasteiger partial charge on any atom is 0.251 e. The normalized spacial score (nSPS) is 17.2. The minimum Gasteiger partial charge on any atom is -0.355 e. The van der Waals surface area contributed by atoms with Gasteiger partial charge in [0.1, 0.15) is 0 Å². The first-order chi connectivity index (χ1) is 11.3. The molecule has 0 aromatic heterocycles. The van der Waals surface area contributed by atoms with E-state index in [0.29, 0.717) is 11.6 Å². The Balaban J connectivity index is 1.72. The van der Waals surface area contributed by atoms with E-state index in [-0.39, 0.29) is 5.91 Å². The molecule has 0 aliphatic carbocycles. The molecule has 0 fully saturated rings. The zero-order valence-corrected chi connectivity index (χ0v) is 14.2. The fraction of sp³-hybridized carbons (Fsp3) is 0.316. The van der Waals surface area contributed by atoms with Crippen LogP contribution in [0.4, 0.5) is 0 Å². The van der Waals surface area contributed by atoms with Crippen LogP contribution < -0.4 is 10.6 Å². The third-order valence-electron chi connectivity index (χ3n) is 4.20. The lowest BCUT2D eigenvalue weighted by Gasteiger charge is -2.19. The number of carbonyl (C=O) groups excluding carboxylic acids is 1. The van der Waals surface area contributed by atoms with Crippen molar-refractivity contribution in [2.24, 2.45) is 0 Å². The lowest BCUT2D eigenvalue weighted by molar-refractivity contribution is 0.0963. The lowest BCUT2D eigenvalue weighted by atomic mass is 9.99. The average molecular weight is 326 g/mol. The van der Waals surface area contributed by atoms with Gasteiger partial charge in [0.25, 0.3) is 5.91 Å². The van der Waals surface area contributed by atoms with Gasteiger partial charge in [0.05, 0.1) is 0 Å². The van der Waals surface area contributed by atoms with Crippen LogP contribution in [0.3, 0.4) is 0 Å². The monoisotopic (exact) mass is 326 g/mol. The molecule has 1 amide bonds. The molecule has 4 heteroatoms. The van der Waals surface area contributed by atoms with Gasteiger partial charge in [-0.2, -0.15) is 11.8 Å². The van der Waals surface area contributed by atoms with Crippen LogP contribution in [-0.2, 0) is 13.0 Å². The third kappa shape index (κ3) is 3.95. The van der Waals surface area contributed by atoms with Crippen molar-refractivity contribution in [1.82, 2.24) is 10.6 Å². The molecule has 23 heavy (non-hydrogen) atoms. The predicted molar refractivity (Wildman–Crippen MR) is 96.9 cm³/mol. The number of hydrogen-bond acceptors (Lipinski definition) is 3. The van der Waals surface area contributed by atoms with Crippen molar-refractivity contribution in [3.63, 3.8) is 0 Å². The van der Waals surface area contributed by atoms with Crippen LogP contribution in [0.25, 0.3) is 0 Å². The van der Waals surface area contributed by atoms with Crippen LogP contribution in [-0.4, -0.2) is 24.5 Å². The number of aryl methyl sites for hydroxylation is 1. The highest BCUT2D eigenvalue weighted by Gasteiger charge is 2.18. The first-order valence-electron chi connectivity index (χ1n) is 7.98. The number of carbonyl (C=O) groups is 1. The molecule has 2 N–H and O–H groups in total. The maximum atomic E-state index is 11.7. The minimum atomic E-state index is -0.0396. The van der Waals surface area contributed by atoms with Gasteiger partial charge in [0.15, 0.2) is 0 Å². The molecule has 3 rings (SSSR count). The van der Waals surface area contributed by atoms with Crippen molar-refractivity contribution in [3.8, 4) is 0 Å². The molecule has 2 aromatic carbocycles. The van der Waals surface area contributed by atoms with Gasteiger partial charge in [0, 0.05) is 31.0 Å². The van der Waals surface area contributed by atoms with E-state index in [1.165, 1.54) is 16.9 Å². The van der Waals surface area contributed by atoms with E-state index in [1.807, 2.05) is 30.0 Å².